The molecule has 11 heteroatoms. The Kier molecular flexibility index (Phi) is 13.1. The molecule has 0 spiro atoms. The van der Waals surface area contributed by atoms with E-state index in [1.54, 1.807) is 50.5 Å². The number of nitrogens with one attached hydrogen (secondary N) is 3. The number of amides is 3. The zero-order valence-electron chi connectivity index (χ0n) is 24.0. The second-order valence-corrected chi connectivity index (χ2v) is 9.44. The topological polar surface area (TPSA) is 146 Å². The number of hydrogen-bond donors (Lipinski definition) is 4. The molecule has 5 N–H and O–H groups in total. The van der Waals surface area contributed by atoms with E-state index in [2.05, 4.69) is 44.7 Å². The first-order valence-corrected chi connectivity index (χ1v) is 13.2. The molecule has 1 aromatic carbocycles. The van der Waals surface area contributed by atoms with Gasteiger partial charge in [-0.2, -0.15) is 4.98 Å². The molecule has 1 atom stereocenters. The number of likely N-dealkylation sites (N-methyl/N-ethyl adjacent to an activating group) is 2. The van der Waals surface area contributed by atoms with Crippen LogP contribution in [0.15, 0.2) is 42.6 Å². The highest BCUT2D eigenvalue weighted by atomic mass is 16.2. The summed E-state index contributed by atoms with van der Waals surface area (Å²) in [5.74, 6) is 6.33. The van der Waals surface area contributed by atoms with Crippen LogP contribution in [0.25, 0.3) is 0 Å². The number of anilines is 3. The summed E-state index contributed by atoms with van der Waals surface area (Å²) in [7, 11) is 5.45. The van der Waals surface area contributed by atoms with Gasteiger partial charge in [-0.1, -0.05) is 24.8 Å². The van der Waals surface area contributed by atoms with Gasteiger partial charge in [0.25, 0.3) is 0 Å². The third-order valence-electron chi connectivity index (χ3n) is 5.80. The number of unbranched alkanes of at least 4 members (excludes halogenated alkanes) is 1. The molecule has 0 fully saturated rings. The first kappa shape index (κ1) is 31.8. The fourth-order valence-electron chi connectivity index (χ4n) is 3.30. The minimum Gasteiger partial charge on any atom is -0.369 e. The molecular weight excluding hydrogens is 508 g/mol. The van der Waals surface area contributed by atoms with Gasteiger partial charge in [-0.05, 0) is 58.1 Å². The summed E-state index contributed by atoms with van der Waals surface area (Å²) in [6.45, 7) is 5.59. The monoisotopic (exact) mass is 548 g/mol. The molecule has 214 valence electrons. The van der Waals surface area contributed by atoms with E-state index in [0.29, 0.717) is 48.8 Å². The number of aromatic nitrogens is 2. The minimum absolute atomic E-state index is 0.211. The van der Waals surface area contributed by atoms with E-state index in [-0.39, 0.29) is 11.8 Å². The smallest absolute Gasteiger partial charge is 0.248 e. The number of hydrogen-bond acceptors (Lipinski definition) is 8. The lowest BCUT2D eigenvalue weighted by Gasteiger charge is -2.23. The fourth-order valence-corrected chi connectivity index (χ4v) is 3.30. The highest BCUT2D eigenvalue weighted by Crippen LogP contribution is 2.18. The normalized spacial score (nSPS) is 11.4. The van der Waals surface area contributed by atoms with Gasteiger partial charge in [0, 0.05) is 50.4 Å². The summed E-state index contributed by atoms with van der Waals surface area (Å²) >= 11 is 0. The zero-order valence-corrected chi connectivity index (χ0v) is 24.0. The van der Waals surface area contributed by atoms with Gasteiger partial charge in [0.2, 0.25) is 23.7 Å². The lowest BCUT2D eigenvalue weighted by molar-refractivity contribution is -0.135. The molecule has 0 aliphatic rings. The molecule has 1 unspecified atom stereocenters. The molecule has 2 aromatic rings. The highest BCUT2D eigenvalue weighted by Gasteiger charge is 2.20. The standard InChI is InChI=1S/C29H40N8O3/c1-6-17-31-27-23(20-33-29(35-27)34-24-15-13-22(14-16-24)26(30)39)11-8-7-9-18-32-28(40)21(2)37(5)25(38)12-10-19-36(3)4/h10,12-16,20-21H,6-7,9,17-19H2,1-5H3,(H2,30,39)(H,32,40)(H2,31,33,34,35). The number of carbonyl (C=O) groups excluding carboxylic acids is 3. The van der Waals surface area contributed by atoms with Gasteiger partial charge < -0.3 is 31.5 Å². The maximum atomic E-state index is 12.5. The average molecular weight is 549 g/mol. The first-order valence-electron chi connectivity index (χ1n) is 13.2. The molecule has 0 aliphatic carbocycles. The predicted octanol–water partition coefficient (Wildman–Crippen LogP) is 2.35. The molecule has 0 saturated carbocycles. The van der Waals surface area contributed by atoms with E-state index in [1.807, 2.05) is 19.0 Å². The van der Waals surface area contributed by atoms with Crippen molar-refractivity contribution in [2.75, 3.05) is 51.4 Å². The van der Waals surface area contributed by atoms with Gasteiger partial charge in [-0.3, -0.25) is 14.4 Å². The molecule has 40 heavy (non-hydrogen) atoms. The molecule has 3 amide bonds. The number of primary amides is 1. The van der Waals surface area contributed by atoms with Crippen LogP contribution in [0.4, 0.5) is 17.5 Å². The summed E-state index contributed by atoms with van der Waals surface area (Å²) in [5, 5.41) is 9.26. The maximum absolute atomic E-state index is 12.5. The molecule has 0 saturated heterocycles. The summed E-state index contributed by atoms with van der Waals surface area (Å²) in [6.07, 6.45) is 7.05. The van der Waals surface area contributed by atoms with Crippen molar-refractivity contribution in [1.82, 2.24) is 25.1 Å². The lowest BCUT2D eigenvalue weighted by atomic mass is 10.2. The van der Waals surface area contributed by atoms with Gasteiger partial charge >= 0.3 is 0 Å². The number of carbonyl (C=O) groups is 3. The molecule has 1 aromatic heterocycles. The Morgan fingerprint density at radius 3 is 2.50 bits per heavy atom. The summed E-state index contributed by atoms with van der Waals surface area (Å²) in [6, 6.07) is 6.14. The van der Waals surface area contributed by atoms with Crippen molar-refractivity contribution in [2.24, 2.45) is 5.73 Å². The Morgan fingerprint density at radius 1 is 1.12 bits per heavy atom. The quantitative estimate of drug-likeness (QED) is 0.160. The molecule has 1 heterocycles. The zero-order chi connectivity index (χ0) is 29.5. The molecular formula is C29H40N8O3. The Hall–Kier alpha value is -4.43. The molecule has 0 aliphatic heterocycles. The third kappa shape index (κ3) is 10.7. The van der Waals surface area contributed by atoms with E-state index < -0.39 is 11.9 Å². The highest BCUT2D eigenvalue weighted by molar-refractivity contribution is 5.93. The van der Waals surface area contributed by atoms with E-state index in [9.17, 15) is 14.4 Å². The number of rotatable bonds is 14. The molecule has 11 nitrogen and oxygen atoms in total. The predicted molar refractivity (Wildman–Crippen MR) is 158 cm³/mol. The average Bonchev–Trinajstić information content (AvgIpc) is 2.93. The van der Waals surface area contributed by atoms with Crippen molar-refractivity contribution in [3.8, 4) is 11.8 Å². The molecule has 2 rings (SSSR count). The Morgan fingerprint density at radius 2 is 1.85 bits per heavy atom. The Bertz CT molecular complexity index is 1230. The van der Waals surface area contributed by atoms with E-state index >= 15 is 0 Å². The number of benzene rings is 1. The van der Waals surface area contributed by atoms with Crippen LogP contribution in [-0.2, 0) is 9.59 Å². The number of nitrogens with zero attached hydrogens (tertiary/aromatic N) is 4. The summed E-state index contributed by atoms with van der Waals surface area (Å²) in [4.78, 5) is 48.3. The molecule has 0 radical (unpaired) electrons. The lowest BCUT2D eigenvalue weighted by Crippen LogP contribution is -2.45. The van der Waals surface area contributed by atoms with E-state index in [4.69, 9.17) is 5.73 Å². The Labute approximate surface area is 236 Å². The van der Waals surface area contributed by atoms with Gasteiger partial charge in [-0.15, -0.1) is 0 Å². The van der Waals surface area contributed by atoms with Gasteiger partial charge in [-0.25, -0.2) is 4.98 Å². The van der Waals surface area contributed by atoms with Crippen molar-refractivity contribution in [3.63, 3.8) is 0 Å². The van der Waals surface area contributed by atoms with Crippen molar-refractivity contribution >= 4 is 35.2 Å². The van der Waals surface area contributed by atoms with E-state index in [1.165, 1.54) is 11.0 Å². The second kappa shape index (κ2) is 16.5. The maximum Gasteiger partial charge on any atom is 0.248 e. The van der Waals surface area contributed by atoms with Crippen LogP contribution >= 0.6 is 0 Å². The third-order valence-corrected chi connectivity index (χ3v) is 5.80. The Balaban J connectivity index is 1.89. The summed E-state index contributed by atoms with van der Waals surface area (Å²) in [5.41, 5.74) is 7.10. The van der Waals surface area contributed by atoms with Gasteiger partial charge in [0.1, 0.15) is 11.9 Å². The van der Waals surface area contributed by atoms with Gasteiger partial charge in [0.05, 0.1) is 11.8 Å². The van der Waals surface area contributed by atoms with Crippen LogP contribution in [0.3, 0.4) is 0 Å². The van der Waals surface area contributed by atoms with Crippen LogP contribution in [-0.4, -0.2) is 84.3 Å². The first-order chi connectivity index (χ1) is 19.1. The van der Waals surface area contributed by atoms with Crippen molar-refractivity contribution in [1.29, 1.82) is 0 Å². The minimum atomic E-state index is -0.583. The van der Waals surface area contributed by atoms with Crippen LogP contribution < -0.4 is 21.7 Å². The van der Waals surface area contributed by atoms with Crippen LogP contribution in [0, 0.1) is 11.8 Å². The van der Waals surface area contributed by atoms with Crippen molar-refractivity contribution in [2.45, 2.75) is 39.2 Å². The van der Waals surface area contributed by atoms with Crippen molar-refractivity contribution < 1.29 is 14.4 Å². The number of nitrogens with two attached hydrogens (primary N) is 1. The van der Waals surface area contributed by atoms with Crippen LogP contribution in [0.2, 0.25) is 0 Å². The SMILES string of the molecule is CCCNc1nc(Nc2ccc(C(N)=O)cc2)ncc1C#CCCCNC(=O)C(C)N(C)C(=O)C=CCN(C)C. The van der Waals surface area contributed by atoms with Crippen LogP contribution in [0.5, 0.6) is 0 Å². The fraction of sp³-hybridized carbons (Fsp3) is 0.414. The largest absolute Gasteiger partial charge is 0.369 e. The summed E-state index contributed by atoms with van der Waals surface area (Å²) < 4.78 is 0. The van der Waals surface area contributed by atoms with Crippen molar-refractivity contribution in [3.05, 3.63) is 53.7 Å². The van der Waals surface area contributed by atoms with Gasteiger partial charge in [0.15, 0.2) is 0 Å². The van der Waals surface area contributed by atoms with E-state index in [0.717, 1.165) is 18.7 Å². The second-order valence-electron chi connectivity index (χ2n) is 9.44. The van der Waals surface area contributed by atoms with Crippen LogP contribution in [0.1, 0.15) is 49.0 Å². The molecule has 0 bridgehead atoms.